The van der Waals surface area contributed by atoms with E-state index in [1.54, 1.807) is 4.68 Å². The van der Waals surface area contributed by atoms with Gasteiger partial charge in [-0.2, -0.15) is 5.21 Å². The van der Waals surface area contributed by atoms with E-state index in [0.29, 0.717) is 31.1 Å². The first-order valence-corrected chi connectivity index (χ1v) is 4.44. The lowest BCUT2D eigenvalue weighted by Crippen LogP contribution is -2.32. The highest BCUT2D eigenvalue weighted by Crippen LogP contribution is 2.02. The zero-order chi connectivity index (χ0) is 9.10. The number of aromatic nitrogens is 4. The highest BCUT2D eigenvalue weighted by Gasteiger charge is 2.15. The molecule has 0 bridgehead atoms. The Morgan fingerprint density at radius 2 is 2.54 bits per heavy atom. The molecule has 0 aliphatic carbocycles. The topological polar surface area (TPSA) is 65.0 Å². The van der Waals surface area contributed by atoms with Crippen molar-refractivity contribution in [2.45, 2.75) is 12.6 Å². The van der Waals surface area contributed by atoms with E-state index in [-0.39, 0.29) is 6.10 Å². The molecule has 0 amide bonds. The molecule has 1 fully saturated rings. The van der Waals surface area contributed by atoms with Gasteiger partial charge < -0.3 is 9.47 Å². The third-order valence-corrected chi connectivity index (χ3v) is 2.11. The summed E-state index contributed by atoms with van der Waals surface area (Å²) in [5.41, 5.74) is 0. The lowest BCUT2D eigenvalue weighted by molar-refractivity contribution is -0.0949. The van der Waals surface area contributed by atoms with Crippen molar-refractivity contribution in [2.24, 2.45) is 0 Å². The second-order valence-electron chi connectivity index (χ2n) is 2.76. The van der Waals surface area contributed by atoms with Crippen LogP contribution in [0.3, 0.4) is 0 Å². The Labute approximate surface area is 79.8 Å². The Bertz CT molecular complexity index is 316. The van der Waals surface area contributed by atoms with Gasteiger partial charge in [-0.3, -0.25) is 0 Å². The van der Waals surface area contributed by atoms with Crippen molar-refractivity contribution in [2.75, 3.05) is 19.8 Å². The van der Waals surface area contributed by atoms with Gasteiger partial charge in [-0.25, -0.2) is 4.68 Å². The van der Waals surface area contributed by atoms with Gasteiger partial charge in [0.05, 0.1) is 26.4 Å². The number of H-pyrrole nitrogens is 1. The van der Waals surface area contributed by atoms with Crippen LogP contribution >= 0.6 is 12.2 Å². The summed E-state index contributed by atoms with van der Waals surface area (Å²) in [6.45, 7) is 2.52. The Kier molecular flexibility index (Phi) is 2.67. The zero-order valence-electron chi connectivity index (χ0n) is 6.97. The molecule has 1 atom stereocenters. The third kappa shape index (κ3) is 2.11. The number of aromatic amines is 1. The van der Waals surface area contributed by atoms with E-state index in [0.717, 1.165) is 0 Å². The predicted octanol–water partition coefficient (Wildman–Crippen LogP) is -0.249. The monoisotopic (exact) mass is 202 g/mol. The number of hydrogen-bond donors (Lipinski definition) is 1. The molecule has 1 aromatic rings. The van der Waals surface area contributed by atoms with Crippen LogP contribution in [-0.4, -0.2) is 46.1 Å². The van der Waals surface area contributed by atoms with Gasteiger partial charge in [0, 0.05) is 0 Å². The van der Waals surface area contributed by atoms with E-state index >= 15 is 0 Å². The van der Waals surface area contributed by atoms with Gasteiger partial charge in [-0.1, -0.05) is 10.3 Å². The van der Waals surface area contributed by atoms with Gasteiger partial charge in [0.15, 0.2) is 0 Å². The quantitative estimate of drug-likeness (QED) is 0.670. The van der Waals surface area contributed by atoms with Crippen LogP contribution in [0.25, 0.3) is 0 Å². The Balaban J connectivity index is 1.97. The molecular weight excluding hydrogens is 192 g/mol. The molecule has 1 aliphatic heterocycles. The first-order chi connectivity index (χ1) is 6.36. The second kappa shape index (κ2) is 3.95. The molecule has 6 nitrogen and oxygen atoms in total. The van der Waals surface area contributed by atoms with Crippen molar-refractivity contribution in [1.82, 2.24) is 20.2 Å². The van der Waals surface area contributed by atoms with E-state index in [9.17, 15) is 0 Å². The molecule has 0 aromatic carbocycles. The van der Waals surface area contributed by atoms with Crippen molar-refractivity contribution < 1.29 is 9.47 Å². The Morgan fingerprint density at radius 3 is 3.15 bits per heavy atom. The zero-order valence-corrected chi connectivity index (χ0v) is 7.79. The van der Waals surface area contributed by atoms with Gasteiger partial charge in [0.2, 0.25) is 4.77 Å². The normalized spacial score (nSPS) is 23.2. The van der Waals surface area contributed by atoms with Crippen LogP contribution in [0.1, 0.15) is 0 Å². The maximum absolute atomic E-state index is 5.44. The molecule has 1 N–H and O–H groups in total. The third-order valence-electron chi connectivity index (χ3n) is 1.80. The lowest BCUT2D eigenvalue weighted by Gasteiger charge is -2.22. The largest absolute Gasteiger partial charge is 0.376 e. The molecule has 0 spiro atoms. The number of rotatable bonds is 2. The maximum Gasteiger partial charge on any atom is 0.238 e. The fraction of sp³-hybridized carbons (Fsp3) is 0.833. The molecule has 1 aliphatic rings. The predicted molar refractivity (Wildman–Crippen MR) is 45.8 cm³/mol. The first-order valence-electron chi connectivity index (χ1n) is 4.03. The maximum atomic E-state index is 5.44. The summed E-state index contributed by atoms with van der Waals surface area (Å²) in [5, 5.41) is 9.90. The Morgan fingerprint density at radius 1 is 1.62 bits per heavy atom. The molecular formula is C6H10N4O2S. The minimum absolute atomic E-state index is 0.0442. The number of ether oxygens (including phenoxy) is 2. The number of nitrogens with zero attached hydrogens (tertiary/aromatic N) is 3. The summed E-state index contributed by atoms with van der Waals surface area (Å²) in [4.78, 5) is 0. The minimum atomic E-state index is 0.0442. The van der Waals surface area contributed by atoms with Crippen LogP contribution in [-0.2, 0) is 16.0 Å². The van der Waals surface area contributed by atoms with Crippen LogP contribution in [0.15, 0.2) is 0 Å². The number of nitrogens with one attached hydrogen (secondary N) is 1. The smallest absolute Gasteiger partial charge is 0.238 e. The van der Waals surface area contributed by atoms with Crippen LogP contribution in [0, 0.1) is 4.77 Å². The highest BCUT2D eigenvalue weighted by molar-refractivity contribution is 7.71. The first kappa shape index (κ1) is 8.79. The van der Waals surface area contributed by atoms with Crippen LogP contribution < -0.4 is 0 Å². The second-order valence-corrected chi connectivity index (χ2v) is 3.13. The minimum Gasteiger partial charge on any atom is -0.376 e. The average molecular weight is 202 g/mol. The standard InChI is InChI=1S/C6H10N4O2S/c13-6-7-8-9-10(6)3-5-4-11-1-2-12-5/h5H,1-4H2,(H,7,9,13). The molecule has 1 unspecified atom stereocenters. The van der Waals surface area contributed by atoms with Gasteiger partial charge >= 0.3 is 0 Å². The van der Waals surface area contributed by atoms with Gasteiger partial charge in [-0.05, 0) is 12.2 Å². The molecule has 0 saturated carbocycles. The fourth-order valence-corrected chi connectivity index (χ4v) is 1.34. The SMILES string of the molecule is S=c1nn[nH]n1CC1COCCO1. The summed E-state index contributed by atoms with van der Waals surface area (Å²) in [6.07, 6.45) is 0.0442. The van der Waals surface area contributed by atoms with Crippen molar-refractivity contribution >= 4 is 12.2 Å². The number of tetrazole rings is 1. The van der Waals surface area contributed by atoms with E-state index in [2.05, 4.69) is 15.5 Å². The van der Waals surface area contributed by atoms with E-state index < -0.39 is 0 Å². The molecule has 72 valence electrons. The van der Waals surface area contributed by atoms with Crippen molar-refractivity contribution in [3.05, 3.63) is 4.77 Å². The summed E-state index contributed by atoms with van der Waals surface area (Å²) in [7, 11) is 0. The molecule has 7 heteroatoms. The van der Waals surface area contributed by atoms with Gasteiger partial charge in [0.1, 0.15) is 6.10 Å². The van der Waals surface area contributed by atoms with E-state index in [1.807, 2.05) is 0 Å². The molecule has 2 rings (SSSR count). The average Bonchev–Trinajstić information content (AvgIpc) is 2.54. The Hall–Kier alpha value is -0.790. The van der Waals surface area contributed by atoms with E-state index in [4.69, 9.17) is 21.7 Å². The van der Waals surface area contributed by atoms with Gasteiger partial charge in [0.25, 0.3) is 0 Å². The summed E-state index contributed by atoms with van der Waals surface area (Å²) in [5.74, 6) is 0. The fourth-order valence-electron chi connectivity index (χ4n) is 1.18. The highest BCUT2D eigenvalue weighted by atomic mass is 32.1. The van der Waals surface area contributed by atoms with Crippen LogP contribution in [0.2, 0.25) is 0 Å². The van der Waals surface area contributed by atoms with Gasteiger partial charge in [-0.15, -0.1) is 0 Å². The van der Waals surface area contributed by atoms with Crippen molar-refractivity contribution in [3.63, 3.8) is 0 Å². The van der Waals surface area contributed by atoms with Crippen molar-refractivity contribution in [3.8, 4) is 0 Å². The number of hydrogen-bond acceptors (Lipinski definition) is 5. The molecule has 13 heavy (non-hydrogen) atoms. The molecule has 2 heterocycles. The lowest BCUT2D eigenvalue weighted by atomic mass is 10.3. The van der Waals surface area contributed by atoms with E-state index in [1.165, 1.54) is 0 Å². The summed E-state index contributed by atoms with van der Waals surface area (Å²) >= 11 is 4.92. The summed E-state index contributed by atoms with van der Waals surface area (Å²) in [6, 6.07) is 0. The molecule has 0 radical (unpaired) electrons. The van der Waals surface area contributed by atoms with Crippen LogP contribution in [0.5, 0.6) is 0 Å². The van der Waals surface area contributed by atoms with Crippen LogP contribution in [0.4, 0.5) is 0 Å². The summed E-state index contributed by atoms with van der Waals surface area (Å²) < 4.78 is 12.8. The van der Waals surface area contributed by atoms with Crippen molar-refractivity contribution in [1.29, 1.82) is 0 Å². The molecule has 1 aromatic heterocycles. The molecule has 1 saturated heterocycles.